The normalized spacial score (nSPS) is 12.8. The average molecular weight is 336 g/mol. The van der Waals surface area contributed by atoms with E-state index >= 15 is 0 Å². The molecule has 3 N–H and O–H groups in total. The molecule has 0 fully saturated rings. The molecule has 1 unspecified atom stereocenters. The van der Waals surface area contributed by atoms with Crippen LogP contribution < -0.4 is 10.6 Å². The Morgan fingerprint density at radius 1 is 1.41 bits per heavy atom. The molecule has 4 nitrogen and oxygen atoms in total. The molecule has 0 aliphatic carbocycles. The zero-order valence-corrected chi connectivity index (χ0v) is 13.1. The predicted octanol–water partition coefficient (Wildman–Crippen LogP) is 3.54. The Balaban J connectivity index is 2.75. The van der Waals surface area contributed by atoms with Crippen LogP contribution >= 0.6 is 11.8 Å². The van der Waals surface area contributed by atoms with E-state index in [1.165, 1.54) is 0 Å². The molecule has 124 valence electrons. The molecule has 0 radical (unpaired) electrons. The summed E-state index contributed by atoms with van der Waals surface area (Å²) in [5.41, 5.74) is 1.16. The van der Waals surface area contributed by atoms with Crippen LogP contribution in [-0.2, 0) is 0 Å². The van der Waals surface area contributed by atoms with Crippen molar-refractivity contribution >= 4 is 23.5 Å². The van der Waals surface area contributed by atoms with Crippen molar-refractivity contribution in [3.05, 3.63) is 23.8 Å². The van der Waals surface area contributed by atoms with Crippen LogP contribution in [0.25, 0.3) is 0 Å². The molecule has 1 atom stereocenters. The SMILES string of the molecule is Cc1ccc(SCC(F)(F)F)c(NC(=O)NC(C)CCO)c1. The number of carbonyl (C=O) groups is 1. The number of aliphatic hydroxyl groups is 1. The first-order chi connectivity index (χ1) is 10.2. The number of alkyl halides is 3. The van der Waals surface area contributed by atoms with Gasteiger partial charge >= 0.3 is 12.2 Å². The fraction of sp³-hybridized carbons (Fsp3) is 0.500. The summed E-state index contributed by atoms with van der Waals surface area (Å²) in [6.45, 7) is 3.46. The standard InChI is InChI=1S/C14H19F3N2O2S/c1-9-3-4-12(22-8-14(15,16)17)11(7-9)19-13(21)18-10(2)5-6-20/h3-4,7,10,20H,5-6,8H2,1-2H3,(H2,18,19,21). The number of aryl methyl sites for hydroxylation is 1. The van der Waals surface area contributed by atoms with Crippen molar-refractivity contribution in [2.75, 3.05) is 17.7 Å². The van der Waals surface area contributed by atoms with Gasteiger partial charge in [-0.3, -0.25) is 0 Å². The number of aliphatic hydroxyl groups excluding tert-OH is 1. The van der Waals surface area contributed by atoms with E-state index in [1.54, 1.807) is 32.0 Å². The molecule has 8 heteroatoms. The molecule has 0 spiro atoms. The van der Waals surface area contributed by atoms with Gasteiger partial charge in [0.2, 0.25) is 0 Å². The minimum atomic E-state index is -4.27. The van der Waals surface area contributed by atoms with Gasteiger partial charge in [-0.15, -0.1) is 11.8 Å². The Morgan fingerprint density at radius 3 is 2.68 bits per heavy atom. The van der Waals surface area contributed by atoms with Gasteiger partial charge in [-0.1, -0.05) is 6.07 Å². The summed E-state index contributed by atoms with van der Waals surface area (Å²) in [5, 5.41) is 13.9. The molecule has 1 rings (SSSR count). The van der Waals surface area contributed by atoms with Crippen LogP contribution in [0.4, 0.5) is 23.7 Å². The van der Waals surface area contributed by atoms with Crippen LogP contribution in [0.2, 0.25) is 0 Å². The van der Waals surface area contributed by atoms with E-state index in [-0.39, 0.29) is 12.6 Å². The first-order valence-corrected chi connectivity index (χ1v) is 7.68. The highest BCUT2D eigenvalue weighted by atomic mass is 32.2. The minimum Gasteiger partial charge on any atom is -0.396 e. The van der Waals surface area contributed by atoms with Gasteiger partial charge in [0.1, 0.15) is 0 Å². The topological polar surface area (TPSA) is 61.4 Å². The quantitative estimate of drug-likeness (QED) is 0.696. The first-order valence-electron chi connectivity index (χ1n) is 6.70. The molecular formula is C14H19F3N2O2S. The van der Waals surface area contributed by atoms with Crippen LogP contribution in [0, 0.1) is 6.92 Å². The van der Waals surface area contributed by atoms with Crippen molar-refractivity contribution in [1.82, 2.24) is 5.32 Å². The number of hydrogen-bond acceptors (Lipinski definition) is 3. The Kier molecular flexibility index (Phi) is 7.02. The summed E-state index contributed by atoms with van der Waals surface area (Å²) >= 11 is 0.626. The molecular weight excluding hydrogens is 317 g/mol. The van der Waals surface area contributed by atoms with Gasteiger partial charge in [0.05, 0.1) is 11.4 Å². The second kappa shape index (κ2) is 8.28. The van der Waals surface area contributed by atoms with Crippen LogP contribution in [-0.4, -0.2) is 35.7 Å². The van der Waals surface area contributed by atoms with Crippen molar-refractivity contribution in [1.29, 1.82) is 0 Å². The summed E-state index contributed by atoms with van der Waals surface area (Å²) in [6.07, 6.45) is -3.87. The largest absolute Gasteiger partial charge is 0.398 e. The van der Waals surface area contributed by atoms with Gasteiger partial charge in [-0.2, -0.15) is 13.2 Å². The lowest BCUT2D eigenvalue weighted by Crippen LogP contribution is -2.36. The van der Waals surface area contributed by atoms with Crippen molar-refractivity contribution < 1.29 is 23.1 Å². The monoisotopic (exact) mass is 336 g/mol. The Bertz CT molecular complexity index is 509. The van der Waals surface area contributed by atoms with Crippen molar-refractivity contribution in [3.63, 3.8) is 0 Å². The maximum Gasteiger partial charge on any atom is 0.398 e. The van der Waals surface area contributed by atoms with Gasteiger partial charge in [0, 0.05) is 17.5 Å². The van der Waals surface area contributed by atoms with Crippen molar-refractivity contribution in [2.45, 2.75) is 37.4 Å². The number of rotatable bonds is 6. The van der Waals surface area contributed by atoms with Crippen molar-refractivity contribution in [3.8, 4) is 0 Å². The lowest BCUT2D eigenvalue weighted by atomic mass is 10.2. The summed E-state index contributed by atoms with van der Waals surface area (Å²) in [5.74, 6) is -1.02. The van der Waals surface area contributed by atoms with Crippen LogP contribution in [0.1, 0.15) is 18.9 Å². The molecule has 1 aromatic carbocycles. The maximum atomic E-state index is 12.3. The van der Waals surface area contributed by atoms with E-state index < -0.39 is 18.0 Å². The Morgan fingerprint density at radius 2 is 2.09 bits per heavy atom. The minimum absolute atomic E-state index is 0.0570. The van der Waals surface area contributed by atoms with E-state index in [4.69, 9.17) is 5.11 Å². The number of thioether (sulfide) groups is 1. The second-order valence-corrected chi connectivity index (χ2v) is 5.93. The number of carbonyl (C=O) groups excluding carboxylic acids is 1. The van der Waals surface area contributed by atoms with Gasteiger partial charge in [0.25, 0.3) is 0 Å². The molecule has 22 heavy (non-hydrogen) atoms. The fourth-order valence-corrected chi connectivity index (χ4v) is 2.42. The summed E-state index contributed by atoms with van der Waals surface area (Å²) in [6, 6.07) is 4.12. The number of halogens is 3. The molecule has 1 aromatic rings. The van der Waals surface area contributed by atoms with Crippen molar-refractivity contribution in [2.24, 2.45) is 0 Å². The molecule has 2 amide bonds. The number of anilines is 1. The maximum absolute atomic E-state index is 12.3. The van der Waals surface area contributed by atoms with E-state index in [0.29, 0.717) is 28.8 Å². The highest BCUT2D eigenvalue weighted by molar-refractivity contribution is 7.99. The van der Waals surface area contributed by atoms with Crippen LogP contribution in [0.5, 0.6) is 0 Å². The molecule has 0 heterocycles. The third-order valence-corrected chi connectivity index (χ3v) is 3.85. The van der Waals surface area contributed by atoms with Gasteiger partial charge < -0.3 is 15.7 Å². The smallest absolute Gasteiger partial charge is 0.396 e. The van der Waals surface area contributed by atoms with Crippen LogP contribution in [0.15, 0.2) is 23.1 Å². The lowest BCUT2D eigenvalue weighted by molar-refractivity contribution is -0.105. The van der Waals surface area contributed by atoms with E-state index in [1.807, 2.05) is 0 Å². The lowest BCUT2D eigenvalue weighted by Gasteiger charge is -2.16. The molecule has 0 bridgehead atoms. The number of hydrogen-bond donors (Lipinski definition) is 3. The van der Waals surface area contributed by atoms with E-state index in [9.17, 15) is 18.0 Å². The third kappa shape index (κ3) is 7.04. The molecule has 0 aromatic heterocycles. The molecule has 0 saturated carbocycles. The van der Waals surface area contributed by atoms with Gasteiger partial charge in [0.15, 0.2) is 0 Å². The molecule has 0 aliphatic heterocycles. The van der Waals surface area contributed by atoms with Gasteiger partial charge in [-0.25, -0.2) is 4.79 Å². The highest BCUT2D eigenvalue weighted by Gasteiger charge is 2.27. The third-order valence-electron chi connectivity index (χ3n) is 2.71. The second-order valence-electron chi connectivity index (χ2n) is 4.92. The van der Waals surface area contributed by atoms with Gasteiger partial charge in [-0.05, 0) is 38.0 Å². The first kappa shape index (κ1) is 18.6. The molecule has 0 saturated heterocycles. The molecule has 0 aliphatic rings. The number of benzene rings is 1. The Labute approximate surface area is 131 Å². The Hall–Kier alpha value is -1.41. The zero-order chi connectivity index (χ0) is 16.8. The highest BCUT2D eigenvalue weighted by Crippen LogP contribution is 2.32. The van der Waals surface area contributed by atoms with E-state index in [2.05, 4.69) is 10.6 Å². The average Bonchev–Trinajstić information content (AvgIpc) is 2.36. The summed E-state index contributed by atoms with van der Waals surface area (Å²) < 4.78 is 37.0. The summed E-state index contributed by atoms with van der Waals surface area (Å²) in [4.78, 5) is 12.2. The fourth-order valence-electron chi connectivity index (χ4n) is 1.67. The van der Waals surface area contributed by atoms with Crippen LogP contribution in [0.3, 0.4) is 0 Å². The number of amides is 2. The zero-order valence-electron chi connectivity index (χ0n) is 12.3. The predicted molar refractivity (Wildman–Crippen MR) is 81.3 cm³/mol. The van der Waals surface area contributed by atoms with E-state index in [0.717, 1.165) is 5.56 Å². The number of urea groups is 1. The summed E-state index contributed by atoms with van der Waals surface area (Å²) in [7, 11) is 0. The number of nitrogens with one attached hydrogen (secondary N) is 2.